The summed E-state index contributed by atoms with van der Waals surface area (Å²) in [6.07, 6.45) is 1.11. The summed E-state index contributed by atoms with van der Waals surface area (Å²) in [4.78, 5) is 40.0. The van der Waals surface area contributed by atoms with Crippen LogP contribution >= 0.6 is 15.9 Å². The minimum atomic E-state index is -0.916. The van der Waals surface area contributed by atoms with Crippen molar-refractivity contribution in [3.63, 3.8) is 0 Å². The normalized spacial score (nSPS) is 14.8. The number of hydrogen-bond donors (Lipinski definition) is 3. The van der Waals surface area contributed by atoms with Gasteiger partial charge in [-0.15, -0.1) is 0 Å². The zero-order valence-corrected chi connectivity index (χ0v) is 21.8. The van der Waals surface area contributed by atoms with E-state index in [-0.39, 0.29) is 25.0 Å². The highest BCUT2D eigenvalue weighted by molar-refractivity contribution is 9.10. The number of ether oxygens (including phenoxy) is 1. The molecule has 0 unspecified atom stereocenters. The van der Waals surface area contributed by atoms with E-state index in [9.17, 15) is 14.4 Å². The van der Waals surface area contributed by atoms with Crippen molar-refractivity contribution in [3.05, 3.63) is 64.1 Å². The van der Waals surface area contributed by atoms with E-state index in [2.05, 4.69) is 38.8 Å². The molecule has 9 heteroatoms. The van der Waals surface area contributed by atoms with E-state index in [4.69, 9.17) is 4.74 Å². The second-order valence-electron chi connectivity index (χ2n) is 8.72. The summed E-state index contributed by atoms with van der Waals surface area (Å²) in [5.74, 6) is -0.196. The van der Waals surface area contributed by atoms with Crippen LogP contribution in [0, 0.1) is 5.41 Å². The fraction of sp³-hybridized carbons (Fsp3) is 0.423. The van der Waals surface area contributed by atoms with E-state index in [0.717, 1.165) is 16.5 Å². The predicted octanol–water partition coefficient (Wildman–Crippen LogP) is 3.70. The standard InChI is InChI=1S/C26H33BrN4O4/c1-3-19-8-10-21(11-9-19)30-25(34)35-18-26(12-14-31(15-13-26)23(32)17-28-2)24(33)29-16-20-6-4-5-7-22(20)27/h4-11,28H,3,12-18H2,1-2H3,(H,29,33)(H,30,34). The molecule has 188 valence electrons. The number of halogens is 1. The van der Waals surface area contributed by atoms with E-state index in [1.165, 1.54) is 5.56 Å². The summed E-state index contributed by atoms with van der Waals surface area (Å²) in [6, 6.07) is 15.2. The smallest absolute Gasteiger partial charge is 0.411 e. The number of piperidine rings is 1. The van der Waals surface area contributed by atoms with Crippen LogP contribution in [0.3, 0.4) is 0 Å². The third kappa shape index (κ3) is 7.29. The molecule has 1 aliphatic heterocycles. The number of amides is 3. The van der Waals surface area contributed by atoms with Gasteiger partial charge in [0.05, 0.1) is 12.0 Å². The molecule has 8 nitrogen and oxygen atoms in total. The first kappa shape index (κ1) is 26.7. The van der Waals surface area contributed by atoms with E-state index in [1.807, 2.05) is 48.5 Å². The predicted molar refractivity (Wildman–Crippen MR) is 139 cm³/mol. The number of benzene rings is 2. The van der Waals surface area contributed by atoms with Crippen LogP contribution in [-0.4, -0.2) is 56.1 Å². The number of likely N-dealkylation sites (N-methyl/N-ethyl adjacent to an activating group) is 1. The van der Waals surface area contributed by atoms with Gasteiger partial charge in [-0.25, -0.2) is 4.79 Å². The van der Waals surface area contributed by atoms with Gasteiger partial charge in [-0.3, -0.25) is 14.9 Å². The molecular weight excluding hydrogens is 512 g/mol. The van der Waals surface area contributed by atoms with Gasteiger partial charge in [0.1, 0.15) is 6.61 Å². The largest absolute Gasteiger partial charge is 0.448 e. The Morgan fingerprint density at radius 3 is 2.37 bits per heavy atom. The van der Waals surface area contributed by atoms with Gasteiger partial charge >= 0.3 is 6.09 Å². The highest BCUT2D eigenvalue weighted by Gasteiger charge is 2.43. The maximum absolute atomic E-state index is 13.4. The van der Waals surface area contributed by atoms with Gasteiger partial charge in [0.15, 0.2) is 0 Å². The Labute approximate surface area is 214 Å². The third-order valence-electron chi connectivity index (χ3n) is 6.37. The van der Waals surface area contributed by atoms with Crippen molar-refractivity contribution >= 4 is 39.5 Å². The van der Waals surface area contributed by atoms with Crippen LogP contribution in [-0.2, 0) is 27.3 Å². The maximum Gasteiger partial charge on any atom is 0.411 e. The topological polar surface area (TPSA) is 99.8 Å². The minimum absolute atomic E-state index is 0.0103. The van der Waals surface area contributed by atoms with Crippen molar-refractivity contribution in [2.24, 2.45) is 5.41 Å². The number of carbonyl (C=O) groups is 3. The molecule has 3 amide bonds. The van der Waals surface area contributed by atoms with Crippen molar-refractivity contribution in [2.75, 3.05) is 38.6 Å². The quantitative estimate of drug-likeness (QED) is 0.447. The zero-order valence-electron chi connectivity index (χ0n) is 20.2. The average Bonchev–Trinajstić information content (AvgIpc) is 2.87. The lowest BCUT2D eigenvalue weighted by Crippen LogP contribution is -2.53. The fourth-order valence-corrected chi connectivity index (χ4v) is 4.50. The summed E-state index contributed by atoms with van der Waals surface area (Å²) in [5.41, 5.74) is 1.84. The molecule has 1 aliphatic rings. The van der Waals surface area contributed by atoms with Crippen LogP contribution in [0.15, 0.2) is 53.0 Å². The summed E-state index contributed by atoms with van der Waals surface area (Å²) in [7, 11) is 1.73. The Kier molecular flexibility index (Phi) is 9.68. The lowest BCUT2D eigenvalue weighted by molar-refractivity contribution is -0.142. The number of hydrogen-bond acceptors (Lipinski definition) is 5. The second kappa shape index (κ2) is 12.7. The summed E-state index contributed by atoms with van der Waals surface area (Å²) >= 11 is 3.51. The number of nitrogens with zero attached hydrogens (tertiary/aromatic N) is 1. The van der Waals surface area contributed by atoms with Crippen LogP contribution in [0.25, 0.3) is 0 Å². The second-order valence-corrected chi connectivity index (χ2v) is 9.57. The van der Waals surface area contributed by atoms with Crippen molar-refractivity contribution in [2.45, 2.75) is 32.7 Å². The van der Waals surface area contributed by atoms with E-state index >= 15 is 0 Å². The Hall–Kier alpha value is -2.91. The molecule has 3 rings (SSSR count). The van der Waals surface area contributed by atoms with Crippen molar-refractivity contribution in [1.29, 1.82) is 0 Å². The molecule has 2 aromatic carbocycles. The molecule has 2 aromatic rings. The van der Waals surface area contributed by atoms with Crippen LogP contribution in [0.5, 0.6) is 0 Å². The summed E-state index contributed by atoms with van der Waals surface area (Å²) in [5, 5.41) is 8.61. The van der Waals surface area contributed by atoms with Gasteiger partial charge in [-0.2, -0.15) is 0 Å². The number of likely N-dealkylation sites (tertiary alicyclic amines) is 1. The Balaban J connectivity index is 1.66. The lowest BCUT2D eigenvalue weighted by Gasteiger charge is -2.40. The SMILES string of the molecule is CCc1ccc(NC(=O)OCC2(C(=O)NCc3ccccc3Br)CCN(C(=O)CNC)CC2)cc1. The zero-order chi connectivity index (χ0) is 25.3. The first-order valence-electron chi connectivity index (χ1n) is 11.8. The first-order valence-corrected chi connectivity index (χ1v) is 12.6. The molecule has 0 bridgehead atoms. The van der Waals surface area contributed by atoms with Gasteiger partial charge in [-0.1, -0.05) is 53.2 Å². The maximum atomic E-state index is 13.4. The molecule has 0 aromatic heterocycles. The molecule has 1 saturated heterocycles. The lowest BCUT2D eigenvalue weighted by atomic mass is 9.78. The minimum Gasteiger partial charge on any atom is -0.448 e. The summed E-state index contributed by atoms with van der Waals surface area (Å²) < 4.78 is 6.46. The number of anilines is 1. The molecule has 35 heavy (non-hydrogen) atoms. The average molecular weight is 545 g/mol. The van der Waals surface area contributed by atoms with Crippen molar-refractivity contribution in [3.8, 4) is 0 Å². The molecule has 1 heterocycles. The van der Waals surface area contributed by atoms with E-state index in [1.54, 1.807) is 11.9 Å². The molecular formula is C26H33BrN4O4. The molecule has 0 saturated carbocycles. The molecule has 0 radical (unpaired) electrons. The highest BCUT2D eigenvalue weighted by atomic mass is 79.9. The number of carbonyl (C=O) groups excluding carboxylic acids is 3. The van der Waals surface area contributed by atoms with E-state index < -0.39 is 11.5 Å². The Morgan fingerprint density at radius 1 is 1.06 bits per heavy atom. The number of rotatable bonds is 9. The van der Waals surface area contributed by atoms with Gasteiger partial charge in [0.2, 0.25) is 11.8 Å². The van der Waals surface area contributed by atoms with Gasteiger partial charge in [-0.05, 0) is 55.6 Å². The molecule has 0 atom stereocenters. The van der Waals surface area contributed by atoms with Crippen molar-refractivity contribution < 1.29 is 19.1 Å². The molecule has 0 spiro atoms. The molecule has 3 N–H and O–H groups in total. The van der Waals surface area contributed by atoms with Crippen LogP contribution in [0.1, 0.15) is 30.9 Å². The van der Waals surface area contributed by atoms with Gasteiger partial charge in [0, 0.05) is 29.8 Å². The first-order chi connectivity index (χ1) is 16.9. The van der Waals surface area contributed by atoms with Crippen LogP contribution in [0.2, 0.25) is 0 Å². The van der Waals surface area contributed by atoms with Gasteiger partial charge in [0.25, 0.3) is 0 Å². The third-order valence-corrected chi connectivity index (χ3v) is 7.14. The summed E-state index contributed by atoms with van der Waals surface area (Å²) in [6.45, 7) is 3.44. The van der Waals surface area contributed by atoms with Crippen molar-refractivity contribution in [1.82, 2.24) is 15.5 Å². The van der Waals surface area contributed by atoms with Gasteiger partial charge < -0.3 is 20.3 Å². The highest BCUT2D eigenvalue weighted by Crippen LogP contribution is 2.33. The number of aryl methyl sites for hydroxylation is 1. The van der Waals surface area contributed by atoms with E-state index in [0.29, 0.717) is 38.2 Å². The number of nitrogens with one attached hydrogen (secondary N) is 3. The molecule has 0 aliphatic carbocycles. The Bertz CT molecular complexity index is 1020. The monoisotopic (exact) mass is 544 g/mol. The Morgan fingerprint density at radius 2 is 1.74 bits per heavy atom. The fourth-order valence-electron chi connectivity index (χ4n) is 4.07. The molecule has 1 fully saturated rings. The van der Waals surface area contributed by atoms with Crippen LogP contribution in [0.4, 0.5) is 10.5 Å². The van der Waals surface area contributed by atoms with Crippen LogP contribution < -0.4 is 16.0 Å².